The molecule has 1 aliphatic heterocycles. The van der Waals surface area contributed by atoms with Crippen LogP contribution in [0.5, 0.6) is 0 Å². The summed E-state index contributed by atoms with van der Waals surface area (Å²) in [5, 5.41) is 0. The zero-order valence-electron chi connectivity index (χ0n) is 8.88. The van der Waals surface area contributed by atoms with Crippen LogP contribution >= 0.6 is 0 Å². The number of hydrogen-bond acceptors (Lipinski definition) is 1. The van der Waals surface area contributed by atoms with E-state index < -0.39 is 0 Å². The van der Waals surface area contributed by atoms with E-state index in [0.29, 0.717) is 12.2 Å². The van der Waals surface area contributed by atoms with E-state index in [1.54, 1.807) is 11.1 Å². The minimum absolute atomic E-state index is 0.446. The zero-order chi connectivity index (χ0) is 9.54. The fourth-order valence-electron chi connectivity index (χ4n) is 3.16. The highest BCUT2D eigenvalue weighted by Crippen LogP contribution is 2.41. The molecule has 2 atom stereocenters. The van der Waals surface area contributed by atoms with Crippen molar-refractivity contribution in [3.63, 3.8) is 0 Å². The second-order valence-electron chi connectivity index (χ2n) is 4.75. The van der Waals surface area contributed by atoms with Crippen LogP contribution in [0.25, 0.3) is 0 Å². The lowest BCUT2D eigenvalue weighted by atomic mass is 9.83. The summed E-state index contributed by atoms with van der Waals surface area (Å²) in [6.45, 7) is 2.31. The Morgan fingerprint density at radius 2 is 2.14 bits per heavy atom. The molecule has 0 N–H and O–H groups in total. The van der Waals surface area contributed by atoms with Crippen LogP contribution in [-0.4, -0.2) is 12.2 Å². The molecule has 1 saturated carbocycles. The molecule has 2 aliphatic carbocycles. The van der Waals surface area contributed by atoms with Crippen molar-refractivity contribution >= 4 is 0 Å². The van der Waals surface area contributed by atoms with Crippen LogP contribution in [0.4, 0.5) is 0 Å². The van der Waals surface area contributed by atoms with Crippen molar-refractivity contribution in [3.8, 4) is 0 Å². The van der Waals surface area contributed by atoms with Gasteiger partial charge in [-0.15, -0.1) is 0 Å². The molecule has 0 radical (unpaired) electrons. The summed E-state index contributed by atoms with van der Waals surface area (Å²) >= 11 is 0. The fourth-order valence-corrected chi connectivity index (χ4v) is 3.16. The molecular formula is C13H18O. The summed E-state index contributed by atoms with van der Waals surface area (Å²) < 4.78 is 6.16. The van der Waals surface area contributed by atoms with E-state index in [0.717, 1.165) is 0 Å². The molecule has 3 rings (SSSR count). The normalized spacial score (nSPS) is 36.5. The van der Waals surface area contributed by atoms with Gasteiger partial charge in [-0.1, -0.05) is 12.5 Å². The van der Waals surface area contributed by atoms with E-state index in [9.17, 15) is 0 Å². The maximum atomic E-state index is 6.16. The molecule has 1 heterocycles. The maximum Gasteiger partial charge on any atom is 0.0835 e. The average molecular weight is 190 g/mol. The summed E-state index contributed by atoms with van der Waals surface area (Å²) in [5.74, 6) is 0. The van der Waals surface area contributed by atoms with Gasteiger partial charge in [-0.3, -0.25) is 0 Å². The van der Waals surface area contributed by atoms with Crippen LogP contribution in [0.15, 0.2) is 22.8 Å². The van der Waals surface area contributed by atoms with Gasteiger partial charge in [-0.05, 0) is 55.7 Å². The number of rotatable bonds is 0. The molecule has 0 aromatic heterocycles. The lowest BCUT2D eigenvalue weighted by Gasteiger charge is -2.36. The van der Waals surface area contributed by atoms with Gasteiger partial charge in [0.2, 0.25) is 0 Å². The summed E-state index contributed by atoms with van der Waals surface area (Å²) in [7, 11) is 0. The first-order chi connectivity index (χ1) is 6.86. The van der Waals surface area contributed by atoms with Crippen molar-refractivity contribution in [2.45, 2.75) is 57.7 Å². The van der Waals surface area contributed by atoms with Crippen LogP contribution in [0.2, 0.25) is 0 Å². The van der Waals surface area contributed by atoms with Crippen LogP contribution in [0, 0.1) is 0 Å². The third kappa shape index (κ3) is 1.18. The monoisotopic (exact) mass is 190 g/mol. The predicted octanol–water partition coefficient (Wildman–Crippen LogP) is 3.36. The van der Waals surface area contributed by atoms with Gasteiger partial charge in [0.25, 0.3) is 0 Å². The minimum atomic E-state index is 0.446. The van der Waals surface area contributed by atoms with Crippen molar-refractivity contribution < 1.29 is 4.74 Å². The highest BCUT2D eigenvalue weighted by atomic mass is 16.5. The largest absolute Gasteiger partial charge is 0.366 e. The molecule has 76 valence electrons. The summed E-state index contributed by atoms with van der Waals surface area (Å²) in [6, 6.07) is 0. The highest BCUT2D eigenvalue weighted by molar-refractivity contribution is 5.43. The van der Waals surface area contributed by atoms with Gasteiger partial charge in [0.05, 0.1) is 12.2 Å². The van der Waals surface area contributed by atoms with Gasteiger partial charge in [-0.2, -0.15) is 0 Å². The summed E-state index contributed by atoms with van der Waals surface area (Å²) in [4.78, 5) is 0. The molecule has 0 amide bonds. The van der Waals surface area contributed by atoms with E-state index in [1.807, 2.05) is 0 Å². The van der Waals surface area contributed by atoms with Gasteiger partial charge >= 0.3 is 0 Å². The molecule has 1 fully saturated rings. The van der Waals surface area contributed by atoms with Gasteiger partial charge in [0.1, 0.15) is 0 Å². The molecule has 0 aromatic rings. The maximum absolute atomic E-state index is 6.16. The summed E-state index contributed by atoms with van der Waals surface area (Å²) in [5.41, 5.74) is 4.70. The van der Waals surface area contributed by atoms with E-state index in [2.05, 4.69) is 13.0 Å². The van der Waals surface area contributed by atoms with Crippen molar-refractivity contribution in [1.29, 1.82) is 0 Å². The van der Waals surface area contributed by atoms with Crippen molar-refractivity contribution in [2.24, 2.45) is 0 Å². The standard InChI is InChI=1S/C13H18O/c1-9-10-5-2-3-7-12(10)14-13-8-4-6-11(9)13/h6,12-13H,2-5,7-8H2,1H3/t12-,13-/m1/s1. The third-order valence-corrected chi connectivity index (χ3v) is 3.93. The zero-order valence-corrected chi connectivity index (χ0v) is 8.88. The molecule has 0 spiro atoms. The number of fused-ring (bicyclic) bond motifs is 2. The Labute approximate surface area is 85.8 Å². The Morgan fingerprint density at radius 1 is 1.21 bits per heavy atom. The highest BCUT2D eigenvalue weighted by Gasteiger charge is 2.34. The minimum Gasteiger partial charge on any atom is -0.366 e. The third-order valence-electron chi connectivity index (χ3n) is 3.93. The Morgan fingerprint density at radius 3 is 3.07 bits per heavy atom. The van der Waals surface area contributed by atoms with E-state index in [-0.39, 0.29) is 0 Å². The number of ether oxygens (including phenoxy) is 1. The Balaban J connectivity index is 1.99. The van der Waals surface area contributed by atoms with Crippen molar-refractivity contribution in [2.75, 3.05) is 0 Å². The average Bonchev–Trinajstić information content (AvgIpc) is 2.66. The first kappa shape index (κ1) is 8.72. The topological polar surface area (TPSA) is 9.23 Å². The molecule has 0 aromatic carbocycles. The van der Waals surface area contributed by atoms with Gasteiger partial charge in [0.15, 0.2) is 0 Å². The molecule has 1 nitrogen and oxygen atoms in total. The molecule has 0 saturated heterocycles. The molecule has 1 heteroatoms. The summed E-state index contributed by atoms with van der Waals surface area (Å²) in [6.07, 6.45) is 11.0. The second kappa shape index (κ2) is 3.23. The smallest absolute Gasteiger partial charge is 0.0835 e. The lowest BCUT2D eigenvalue weighted by molar-refractivity contribution is 0.00809. The van der Waals surface area contributed by atoms with Crippen molar-refractivity contribution in [1.82, 2.24) is 0 Å². The van der Waals surface area contributed by atoms with Crippen LogP contribution in [0.1, 0.15) is 45.4 Å². The van der Waals surface area contributed by atoms with Crippen molar-refractivity contribution in [3.05, 3.63) is 22.8 Å². The predicted molar refractivity (Wildman–Crippen MR) is 57.1 cm³/mol. The number of hydrogen-bond donors (Lipinski definition) is 0. The molecule has 14 heavy (non-hydrogen) atoms. The molecule has 0 bridgehead atoms. The van der Waals surface area contributed by atoms with Crippen LogP contribution in [0.3, 0.4) is 0 Å². The Kier molecular flexibility index (Phi) is 2.01. The second-order valence-corrected chi connectivity index (χ2v) is 4.75. The van der Waals surface area contributed by atoms with Gasteiger partial charge in [0, 0.05) is 0 Å². The van der Waals surface area contributed by atoms with E-state index in [4.69, 9.17) is 4.74 Å². The van der Waals surface area contributed by atoms with Crippen LogP contribution in [-0.2, 0) is 4.74 Å². The number of allylic oxidation sites excluding steroid dienone is 1. The Bertz CT molecular complexity index is 311. The first-order valence-electron chi connectivity index (χ1n) is 5.92. The lowest BCUT2D eigenvalue weighted by Crippen LogP contribution is -2.32. The van der Waals surface area contributed by atoms with Crippen LogP contribution < -0.4 is 0 Å². The van der Waals surface area contributed by atoms with E-state index in [1.165, 1.54) is 44.1 Å². The first-order valence-corrected chi connectivity index (χ1v) is 5.92. The molecule has 0 unspecified atom stereocenters. The van der Waals surface area contributed by atoms with Gasteiger partial charge in [-0.25, -0.2) is 0 Å². The van der Waals surface area contributed by atoms with E-state index >= 15 is 0 Å². The quantitative estimate of drug-likeness (QED) is 0.569. The SMILES string of the molecule is CC1=C2CCCC[C@H]2O[C@@H]2CCC=C12. The Hall–Kier alpha value is -0.560. The molecular weight excluding hydrogens is 172 g/mol. The van der Waals surface area contributed by atoms with Gasteiger partial charge < -0.3 is 4.74 Å². The fraction of sp³-hybridized carbons (Fsp3) is 0.692. The molecule has 3 aliphatic rings.